The fourth-order valence-electron chi connectivity index (χ4n) is 12.5. The van der Waals surface area contributed by atoms with E-state index in [-0.39, 0.29) is 60.8 Å². The molecule has 27 nitrogen and oxygen atoms in total. The van der Waals surface area contributed by atoms with E-state index in [0.717, 1.165) is 144 Å². The molecular weight excluding hydrogens is 2000 g/mol. The number of ketones is 2. The van der Waals surface area contributed by atoms with Crippen LogP contribution in [0.4, 0.5) is 29.8 Å². The van der Waals surface area contributed by atoms with Crippen molar-refractivity contribution in [3.8, 4) is 33.8 Å². The van der Waals surface area contributed by atoms with E-state index in [9.17, 15) is 43.5 Å². The van der Waals surface area contributed by atoms with Crippen molar-refractivity contribution < 1.29 is 91.9 Å². The molecule has 7 rings (SSSR count). The maximum Gasteiger partial charge on any atom is 1.00 e. The second-order valence-corrected chi connectivity index (χ2v) is 43.4. The van der Waals surface area contributed by atoms with Gasteiger partial charge in [-0.3, -0.25) is 24.0 Å². The molecule has 1 unspecified atom stereocenters. The molecule has 0 spiro atoms. The van der Waals surface area contributed by atoms with Crippen molar-refractivity contribution in [1.82, 2.24) is 36.2 Å². The number of aromatic nitrogens is 3. The molecule has 0 radical (unpaired) electrons. The Balaban J connectivity index is 0.000000879. The Kier molecular flexibility index (Phi) is 63.5. The summed E-state index contributed by atoms with van der Waals surface area (Å²) < 4.78 is 20.5. The summed E-state index contributed by atoms with van der Waals surface area (Å²) in [4.78, 5) is 121. The first-order valence-electron chi connectivity index (χ1n) is 45.9. The number of Topliss-reactive ketones (excluding diaryl/α,β-unsaturated/α-hetero) is 2. The van der Waals surface area contributed by atoms with Crippen molar-refractivity contribution in [3.05, 3.63) is 133 Å². The van der Waals surface area contributed by atoms with E-state index >= 15 is 0 Å². The van der Waals surface area contributed by atoms with Gasteiger partial charge in [0.2, 0.25) is 0 Å². The molecule has 40 heteroatoms. The van der Waals surface area contributed by atoms with Gasteiger partial charge in [-0.2, -0.15) is 0 Å². The molecular formula is C98H141Cl8LiN12O15S4. The van der Waals surface area contributed by atoms with E-state index < -0.39 is 47.0 Å². The number of carbonyl (C=O) groups excluding carboxylic acids is 6. The summed E-state index contributed by atoms with van der Waals surface area (Å²) in [6.07, 6.45) is 9.68. The van der Waals surface area contributed by atoms with Gasteiger partial charge in [0.05, 0.1) is 88.3 Å². The van der Waals surface area contributed by atoms with Crippen LogP contribution in [0.15, 0.2) is 77.8 Å². The van der Waals surface area contributed by atoms with Crippen LogP contribution in [-0.4, -0.2) is 192 Å². The topological polar surface area (TPSA) is 379 Å². The summed E-state index contributed by atoms with van der Waals surface area (Å²) in [5.41, 5.74) is 9.99. The van der Waals surface area contributed by atoms with Crippen LogP contribution >= 0.6 is 139 Å². The number of amides is 3. The molecule has 0 saturated heterocycles. The number of hydrogen-bond acceptors (Lipinski definition) is 26. The molecule has 3 aromatic heterocycles. The standard InChI is InChI=1S/C26H37Cl2N3O3S.C25H35Cl2N3O4S.C20H27Cl2N3O2S.C14H28N2O4.C13H13Cl2NOS.Li.H2O/c1-17(2)15-22-23(19-9-10-20(27)21(28)16-19)30-24(35-22)31(14-11-18(3)32)13-8-7-12-29-25(33)34-26(4,5)6;1-16(2)14-20-22(17-8-9-18(26)19(27)15-17)29-23(35-20)30(13-10-21(31)32)12-7-6-11-28-24(33)34-25(3,4)5;1-13(2)11-17-19(14-5-6-15(21)16(22)12-14)24-20(28-17)25(9-4-3-8-23)10-7-18(26)27;1-5-19-12(17)8-11-15-9-6-7-10-16-13(18)20-14(2,3)4;1-8(2)5-12(16-7-18)13(17)9-3-4-10(14)11(15)6-9;;/h9-10,16-17H,7-8,11-15H2,1-6H3,(H,29,33);8-9,15-16H,6-7,10-14H2,1-5H3,(H,28,33)(H,31,32);5-6,12-13H,3-4,7-11,23H2,1-2H3,(H,26,27);15H,5-11H2,1-4H3,(H,16,18);3-4,6,8,12H,5H2,1-2H3;;1H2/q;;;;;+1;/p-1. The molecule has 0 saturated carbocycles. The fraction of sp³-hybridized carbons (Fsp3) is 0.571. The minimum atomic E-state index is -0.856. The molecule has 4 aromatic carbocycles. The number of carbonyl (C=O) groups is 8. The Morgan fingerprint density at radius 2 is 0.783 bits per heavy atom. The molecule has 1 atom stereocenters. The summed E-state index contributed by atoms with van der Waals surface area (Å²) in [5.74, 6) is -0.104. The number of aliphatic imine (C=N–C) groups is 1. The van der Waals surface area contributed by atoms with E-state index in [1.807, 2.05) is 117 Å². The first kappa shape index (κ1) is 129. The van der Waals surface area contributed by atoms with Crippen LogP contribution in [0.5, 0.6) is 0 Å². The number of thiazole rings is 3. The molecule has 7 aromatic rings. The number of nitrogens with two attached hydrogens (primary N) is 1. The van der Waals surface area contributed by atoms with Gasteiger partial charge >= 0.3 is 55.0 Å². The van der Waals surface area contributed by atoms with Gasteiger partial charge in [-0.15, -0.1) is 34.0 Å². The van der Waals surface area contributed by atoms with Crippen molar-refractivity contribution >= 4 is 207 Å². The number of esters is 1. The van der Waals surface area contributed by atoms with Crippen LogP contribution in [0.1, 0.15) is 240 Å². The number of aliphatic carboxylic acids is 2. The predicted molar refractivity (Wildman–Crippen MR) is 569 cm³/mol. The Morgan fingerprint density at radius 3 is 1.08 bits per heavy atom. The zero-order valence-electron chi connectivity index (χ0n) is 83.4. The Hall–Kier alpha value is -6.67. The zero-order valence-corrected chi connectivity index (χ0v) is 92.7. The van der Waals surface area contributed by atoms with Crippen LogP contribution in [0.2, 0.25) is 40.2 Å². The number of carboxylic acid groups (broad SMARTS) is 2. The Morgan fingerprint density at radius 1 is 0.457 bits per heavy atom. The van der Waals surface area contributed by atoms with Crippen LogP contribution in [-0.2, 0) is 57.4 Å². The quantitative estimate of drug-likeness (QED) is 0.00354. The number of rotatable bonds is 49. The van der Waals surface area contributed by atoms with Crippen LogP contribution < -0.4 is 60.6 Å². The van der Waals surface area contributed by atoms with Gasteiger partial charge < -0.3 is 76.3 Å². The second kappa shape index (κ2) is 67.8. The molecule has 0 fully saturated rings. The molecule has 0 bridgehead atoms. The van der Waals surface area contributed by atoms with E-state index in [1.54, 1.807) is 84.3 Å². The van der Waals surface area contributed by atoms with Crippen LogP contribution in [0, 0.1) is 23.7 Å². The zero-order chi connectivity index (χ0) is 102. The number of anilines is 3. The van der Waals surface area contributed by atoms with Crippen molar-refractivity contribution in [3.63, 3.8) is 0 Å². The second-order valence-electron chi connectivity index (χ2n) is 36.8. The number of ether oxygens (including phenoxy) is 4. The molecule has 9 N–H and O–H groups in total. The number of nitrogens with one attached hydrogen (secondary N) is 4. The van der Waals surface area contributed by atoms with Gasteiger partial charge in [0.25, 0.3) is 0 Å². The van der Waals surface area contributed by atoms with Crippen molar-refractivity contribution in [1.29, 1.82) is 0 Å². The van der Waals surface area contributed by atoms with Crippen molar-refractivity contribution in [2.75, 3.05) is 99.8 Å². The van der Waals surface area contributed by atoms with E-state index in [4.69, 9.17) is 138 Å². The van der Waals surface area contributed by atoms with Crippen LogP contribution in [0.3, 0.4) is 0 Å². The van der Waals surface area contributed by atoms with Crippen molar-refractivity contribution in [2.24, 2.45) is 34.4 Å². The van der Waals surface area contributed by atoms with Gasteiger partial charge in [-0.25, -0.2) is 34.3 Å². The summed E-state index contributed by atoms with van der Waals surface area (Å²) in [5, 5.41) is 38.3. The number of nitrogens with zero attached hydrogens (tertiary/aromatic N) is 7. The number of carboxylic acids is 2. The number of thiocarbonyl (C=S) groups is 1. The molecule has 0 aliphatic heterocycles. The molecule has 3 amide bonds. The molecule has 764 valence electrons. The minimum Gasteiger partial charge on any atom is -0.870 e. The maximum atomic E-state index is 12.3. The Bertz CT molecular complexity index is 4790. The van der Waals surface area contributed by atoms with E-state index in [0.29, 0.717) is 154 Å². The molecule has 0 aliphatic rings. The van der Waals surface area contributed by atoms with Gasteiger partial charge in [-0.05, 0) is 257 Å². The summed E-state index contributed by atoms with van der Waals surface area (Å²) >= 11 is 58.2. The third-order valence-corrected chi connectivity index (χ3v) is 25.2. The largest absolute Gasteiger partial charge is 1.00 e. The first-order valence-corrected chi connectivity index (χ1v) is 51.8. The van der Waals surface area contributed by atoms with Crippen LogP contribution in [0.25, 0.3) is 33.8 Å². The number of unbranched alkanes of at least 4 members (excludes halogenated alkanes) is 4. The Labute approximate surface area is 886 Å². The number of halogens is 8. The van der Waals surface area contributed by atoms with Gasteiger partial charge in [0, 0.05) is 109 Å². The average molecular weight is 2150 g/mol. The summed E-state index contributed by atoms with van der Waals surface area (Å²) in [7, 11) is 0. The average Bonchev–Trinajstić information content (AvgIpc) is 1.67. The number of hydrogen-bond donors (Lipinski definition) is 7. The SMILES string of the molecule is CC(=O)CCN(CCCCNC(=O)OC(C)(C)C)c1nc(-c2ccc(Cl)c(Cl)c2)c(CC(C)C)s1.CC(C)CC(N=C=S)C(=O)c1ccc(Cl)c(Cl)c1.CC(C)Cc1sc(N(CCCCN)CCC(=O)O)nc1-c1ccc(Cl)c(Cl)c1.CC(C)Cc1sc(N(CCCCNC(=O)OC(C)(C)C)CCC(=O)O)nc1-c1ccc(Cl)c(Cl)c1.CCOC(=O)CCNCCCCNC(=O)OC(C)(C)C.[Li+].[OH-]. The monoisotopic (exact) mass is 2140 g/mol. The third-order valence-electron chi connectivity index (χ3n) is 18.8. The number of benzene rings is 4. The first-order chi connectivity index (χ1) is 63.8. The summed E-state index contributed by atoms with van der Waals surface area (Å²) in [6.45, 7) is 44.5. The van der Waals surface area contributed by atoms with Gasteiger partial charge in [0.1, 0.15) is 28.6 Å². The molecule has 138 heavy (non-hydrogen) atoms. The van der Waals surface area contributed by atoms with Gasteiger partial charge in [0.15, 0.2) is 21.2 Å². The fourth-order valence-corrected chi connectivity index (χ4v) is 17.9. The number of isothiocyanates is 1. The maximum absolute atomic E-state index is 12.3. The predicted octanol–water partition coefficient (Wildman–Crippen LogP) is 23.0. The smallest absolute Gasteiger partial charge is 0.870 e. The van der Waals surface area contributed by atoms with Crippen molar-refractivity contribution in [2.45, 2.75) is 257 Å². The van der Waals surface area contributed by atoms with E-state index in [1.165, 1.54) is 9.75 Å². The van der Waals surface area contributed by atoms with E-state index in [2.05, 4.69) is 95.0 Å². The third kappa shape index (κ3) is 54.7. The molecule has 0 aliphatic carbocycles. The van der Waals surface area contributed by atoms with Gasteiger partial charge in [-0.1, -0.05) is 166 Å². The molecule has 3 heterocycles. The minimum absolute atomic E-state index is 0. The summed E-state index contributed by atoms with van der Waals surface area (Å²) in [6, 6.07) is 20.9. The number of alkyl carbamates (subject to hydrolysis) is 3. The normalized spacial score (nSPS) is 11.3.